The van der Waals surface area contributed by atoms with Crippen molar-refractivity contribution in [2.24, 2.45) is 0 Å². The van der Waals surface area contributed by atoms with E-state index in [-0.39, 0.29) is 11.4 Å². The van der Waals surface area contributed by atoms with Crippen LogP contribution in [-0.4, -0.2) is 11.4 Å². The maximum atomic E-state index is 12.2. The zero-order valence-electron chi connectivity index (χ0n) is 9.92. The van der Waals surface area contributed by atoms with Crippen molar-refractivity contribution in [2.45, 2.75) is 38.1 Å². The molecular formula is C13H17ClN2O. The van der Waals surface area contributed by atoms with E-state index in [0.717, 1.165) is 25.7 Å². The summed E-state index contributed by atoms with van der Waals surface area (Å²) in [5, 5.41) is 3.46. The van der Waals surface area contributed by atoms with Crippen molar-refractivity contribution in [3.8, 4) is 0 Å². The number of hydrogen-bond acceptors (Lipinski definition) is 2. The molecule has 1 saturated carbocycles. The van der Waals surface area contributed by atoms with Crippen LogP contribution in [0.25, 0.3) is 0 Å². The highest BCUT2D eigenvalue weighted by molar-refractivity contribution is 6.34. The fourth-order valence-electron chi connectivity index (χ4n) is 2.40. The maximum Gasteiger partial charge on any atom is 0.255 e. The van der Waals surface area contributed by atoms with Crippen LogP contribution in [0.15, 0.2) is 18.2 Å². The van der Waals surface area contributed by atoms with Gasteiger partial charge in [-0.3, -0.25) is 4.79 Å². The molecule has 17 heavy (non-hydrogen) atoms. The Bertz CT molecular complexity index is 419. The molecule has 1 aromatic carbocycles. The van der Waals surface area contributed by atoms with E-state index in [9.17, 15) is 4.79 Å². The van der Waals surface area contributed by atoms with Crippen molar-refractivity contribution in [1.29, 1.82) is 0 Å². The van der Waals surface area contributed by atoms with Gasteiger partial charge in [-0.05, 0) is 31.9 Å². The third kappa shape index (κ3) is 2.55. The van der Waals surface area contributed by atoms with Crippen LogP contribution in [0.4, 0.5) is 5.69 Å². The number of rotatable bonds is 2. The first-order valence-corrected chi connectivity index (χ1v) is 6.26. The Morgan fingerprint density at radius 3 is 2.65 bits per heavy atom. The molecule has 0 atom stereocenters. The van der Waals surface area contributed by atoms with E-state index < -0.39 is 0 Å². The summed E-state index contributed by atoms with van der Waals surface area (Å²) >= 11 is 6.01. The Morgan fingerprint density at radius 1 is 1.41 bits per heavy atom. The zero-order valence-corrected chi connectivity index (χ0v) is 10.7. The molecule has 1 fully saturated rings. The lowest BCUT2D eigenvalue weighted by Gasteiger charge is -2.25. The van der Waals surface area contributed by atoms with Crippen LogP contribution < -0.4 is 11.1 Å². The average molecular weight is 253 g/mol. The lowest BCUT2D eigenvalue weighted by molar-refractivity contribution is 0.0909. The topological polar surface area (TPSA) is 55.1 Å². The third-order valence-electron chi connectivity index (χ3n) is 3.40. The van der Waals surface area contributed by atoms with E-state index in [1.165, 1.54) is 0 Å². The highest BCUT2D eigenvalue weighted by atomic mass is 35.5. The number of amides is 1. The highest BCUT2D eigenvalue weighted by Crippen LogP contribution is 2.30. The van der Waals surface area contributed by atoms with Crippen LogP contribution in [0.3, 0.4) is 0 Å². The number of nitrogens with one attached hydrogen (secondary N) is 1. The number of halogens is 1. The van der Waals surface area contributed by atoms with Crippen LogP contribution in [-0.2, 0) is 0 Å². The van der Waals surface area contributed by atoms with Gasteiger partial charge in [-0.25, -0.2) is 0 Å². The number of nitrogen functional groups attached to an aromatic ring is 1. The van der Waals surface area contributed by atoms with Gasteiger partial charge >= 0.3 is 0 Å². The molecule has 0 aromatic heterocycles. The summed E-state index contributed by atoms with van der Waals surface area (Å²) in [4.78, 5) is 12.2. The fourth-order valence-corrected chi connectivity index (χ4v) is 2.66. The van der Waals surface area contributed by atoms with Crippen molar-refractivity contribution < 1.29 is 4.79 Å². The van der Waals surface area contributed by atoms with Crippen molar-refractivity contribution in [3.63, 3.8) is 0 Å². The molecule has 1 aromatic rings. The largest absolute Gasteiger partial charge is 0.398 e. The van der Waals surface area contributed by atoms with Gasteiger partial charge in [0, 0.05) is 11.2 Å². The van der Waals surface area contributed by atoms with Gasteiger partial charge in [0.05, 0.1) is 10.6 Å². The molecule has 1 aliphatic rings. The molecule has 0 saturated heterocycles. The van der Waals surface area contributed by atoms with Gasteiger partial charge in [0.25, 0.3) is 5.91 Å². The van der Waals surface area contributed by atoms with E-state index in [2.05, 4.69) is 12.2 Å². The summed E-state index contributed by atoms with van der Waals surface area (Å²) in [6.07, 6.45) is 4.36. The number of benzene rings is 1. The lowest BCUT2D eigenvalue weighted by atomic mass is 10.00. The first-order valence-electron chi connectivity index (χ1n) is 5.88. The minimum atomic E-state index is -0.169. The minimum Gasteiger partial charge on any atom is -0.398 e. The van der Waals surface area contributed by atoms with Crippen LogP contribution in [0, 0.1) is 0 Å². The Labute approximate surface area is 106 Å². The lowest BCUT2D eigenvalue weighted by Crippen LogP contribution is -2.43. The van der Waals surface area contributed by atoms with Crippen LogP contribution in [0.2, 0.25) is 5.02 Å². The second-order valence-corrected chi connectivity index (χ2v) is 5.33. The van der Waals surface area contributed by atoms with E-state index in [0.29, 0.717) is 16.3 Å². The number of anilines is 1. The quantitative estimate of drug-likeness (QED) is 0.795. The van der Waals surface area contributed by atoms with Crippen LogP contribution in [0.1, 0.15) is 43.0 Å². The standard InChI is InChI=1S/C13H17ClN2O/c1-13(7-2-3-8-13)16-12(17)11-9(14)5-4-6-10(11)15/h4-6H,2-3,7-8,15H2,1H3,(H,16,17). The van der Waals surface area contributed by atoms with Gasteiger partial charge in [-0.1, -0.05) is 30.5 Å². The highest BCUT2D eigenvalue weighted by Gasteiger charge is 2.31. The van der Waals surface area contributed by atoms with Crippen molar-refractivity contribution >= 4 is 23.2 Å². The molecule has 1 amide bonds. The van der Waals surface area contributed by atoms with E-state index in [1.807, 2.05) is 0 Å². The Hall–Kier alpha value is -1.22. The van der Waals surface area contributed by atoms with E-state index >= 15 is 0 Å². The SMILES string of the molecule is CC1(NC(=O)c2c(N)cccc2Cl)CCCC1. The summed E-state index contributed by atoms with van der Waals surface area (Å²) in [5.74, 6) is -0.169. The zero-order chi connectivity index (χ0) is 12.5. The van der Waals surface area contributed by atoms with Gasteiger partial charge in [0.2, 0.25) is 0 Å². The molecule has 0 heterocycles. The average Bonchev–Trinajstić information content (AvgIpc) is 2.64. The first-order chi connectivity index (χ1) is 8.02. The number of carbonyl (C=O) groups is 1. The summed E-state index contributed by atoms with van der Waals surface area (Å²) in [6.45, 7) is 2.07. The third-order valence-corrected chi connectivity index (χ3v) is 3.71. The predicted octanol–water partition coefficient (Wildman–Crippen LogP) is 2.98. The van der Waals surface area contributed by atoms with Gasteiger partial charge in [-0.15, -0.1) is 0 Å². The monoisotopic (exact) mass is 252 g/mol. The second kappa shape index (κ2) is 4.57. The molecule has 1 aliphatic carbocycles. The van der Waals surface area contributed by atoms with Gasteiger partial charge < -0.3 is 11.1 Å². The van der Waals surface area contributed by atoms with E-state index in [4.69, 9.17) is 17.3 Å². The van der Waals surface area contributed by atoms with Crippen LogP contribution >= 0.6 is 11.6 Å². The molecule has 0 radical (unpaired) electrons. The minimum absolute atomic E-state index is 0.108. The first kappa shape index (κ1) is 12.2. The molecule has 92 valence electrons. The Balaban J connectivity index is 2.20. The molecule has 3 N–H and O–H groups in total. The van der Waals surface area contributed by atoms with Gasteiger partial charge in [-0.2, -0.15) is 0 Å². The smallest absolute Gasteiger partial charge is 0.255 e. The normalized spacial score (nSPS) is 18.0. The van der Waals surface area contributed by atoms with Crippen LogP contribution in [0.5, 0.6) is 0 Å². The summed E-state index contributed by atoms with van der Waals surface area (Å²) in [7, 11) is 0. The number of hydrogen-bond donors (Lipinski definition) is 2. The Kier molecular flexibility index (Phi) is 3.29. The number of carbonyl (C=O) groups excluding carboxylic acids is 1. The molecule has 0 unspecified atom stereocenters. The number of nitrogens with two attached hydrogens (primary N) is 1. The van der Waals surface area contributed by atoms with Crippen molar-refractivity contribution in [2.75, 3.05) is 5.73 Å². The second-order valence-electron chi connectivity index (χ2n) is 4.93. The summed E-state index contributed by atoms with van der Waals surface area (Å²) in [5.41, 5.74) is 6.50. The van der Waals surface area contributed by atoms with Crippen molar-refractivity contribution in [1.82, 2.24) is 5.32 Å². The molecule has 0 spiro atoms. The molecule has 0 bridgehead atoms. The van der Waals surface area contributed by atoms with Gasteiger partial charge in [0.15, 0.2) is 0 Å². The summed E-state index contributed by atoms with van der Waals surface area (Å²) in [6, 6.07) is 5.12. The maximum absolute atomic E-state index is 12.2. The Morgan fingerprint density at radius 2 is 2.06 bits per heavy atom. The predicted molar refractivity (Wildman–Crippen MR) is 70.2 cm³/mol. The molecule has 0 aliphatic heterocycles. The molecule has 4 heteroatoms. The molecule has 3 nitrogen and oxygen atoms in total. The summed E-state index contributed by atoms with van der Waals surface area (Å²) < 4.78 is 0. The molecular weight excluding hydrogens is 236 g/mol. The van der Waals surface area contributed by atoms with Gasteiger partial charge in [0.1, 0.15) is 0 Å². The van der Waals surface area contributed by atoms with E-state index in [1.54, 1.807) is 18.2 Å². The molecule has 2 rings (SSSR count). The fraction of sp³-hybridized carbons (Fsp3) is 0.462. The van der Waals surface area contributed by atoms with Crippen molar-refractivity contribution in [3.05, 3.63) is 28.8 Å².